The predicted octanol–water partition coefficient (Wildman–Crippen LogP) is 3.41. The van der Waals surface area contributed by atoms with Gasteiger partial charge in [-0.15, -0.1) is 0 Å². The Morgan fingerprint density at radius 3 is 2.79 bits per heavy atom. The average molecular weight is 279 g/mol. The molecule has 4 nitrogen and oxygen atoms in total. The summed E-state index contributed by atoms with van der Waals surface area (Å²) in [6.45, 7) is 0. The Morgan fingerprint density at radius 1 is 1.21 bits per heavy atom. The molecule has 3 rings (SSSR count). The van der Waals surface area contributed by atoms with Crippen molar-refractivity contribution in [1.29, 1.82) is 0 Å². The molecule has 19 heavy (non-hydrogen) atoms. The molecule has 1 aliphatic carbocycles. The first-order chi connectivity index (χ1) is 9.25. The lowest BCUT2D eigenvalue weighted by Gasteiger charge is -2.24. The van der Waals surface area contributed by atoms with Gasteiger partial charge in [-0.1, -0.05) is 41.7 Å². The Morgan fingerprint density at radius 2 is 2.00 bits per heavy atom. The molecule has 2 unspecified atom stereocenters. The first kappa shape index (κ1) is 12.6. The van der Waals surface area contributed by atoms with Crippen LogP contribution in [0.3, 0.4) is 0 Å². The third kappa shape index (κ3) is 2.51. The lowest BCUT2D eigenvalue weighted by atomic mass is 9.86. The van der Waals surface area contributed by atoms with Gasteiger partial charge in [-0.3, -0.25) is 0 Å². The minimum absolute atomic E-state index is 0.0440. The van der Waals surface area contributed by atoms with E-state index in [1.807, 2.05) is 18.2 Å². The van der Waals surface area contributed by atoms with E-state index in [9.17, 15) is 5.11 Å². The molecular formula is C14H15ClN2O2. The van der Waals surface area contributed by atoms with Crippen LogP contribution < -0.4 is 0 Å². The minimum atomic E-state index is -0.381. The van der Waals surface area contributed by atoms with Gasteiger partial charge in [0.05, 0.1) is 17.0 Å². The highest BCUT2D eigenvalue weighted by Crippen LogP contribution is 2.33. The van der Waals surface area contributed by atoms with Crippen LogP contribution in [0.5, 0.6) is 0 Å². The van der Waals surface area contributed by atoms with Crippen molar-refractivity contribution in [3.63, 3.8) is 0 Å². The fourth-order valence-corrected chi connectivity index (χ4v) is 2.76. The van der Waals surface area contributed by atoms with E-state index in [2.05, 4.69) is 10.1 Å². The zero-order valence-corrected chi connectivity index (χ0v) is 11.2. The summed E-state index contributed by atoms with van der Waals surface area (Å²) < 4.78 is 5.30. The molecule has 2 atom stereocenters. The van der Waals surface area contributed by atoms with E-state index in [-0.39, 0.29) is 12.0 Å². The van der Waals surface area contributed by atoms with Gasteiger partial charge >= 0.3 is 0 Å². The Labute approximate surface area is 116 Å². The van der Waals surface area contributed by atoms with Crippen molar-refractivity contribution in [3.05, 3.63) is 35.2 Å². The molecule has 0 radical (unpaired) electrons. The van der Waals surface area contributed by atoms with Gasteiger partial charge < -0.3 is 9.63 Å². The Hall–Kier alpha value is -1.39. The SMILES string of the molecule is OC1CCCCC1c1nc(-c2ccccc2Cl)no1. The third-order valence-corrected chi connectivity index (χ3v) is 3.93. The van der Waals surface area contributed by atoms with Crippen LogP contribution in [0, 0.1) is 0 Å². The van der Waals surface area contributed by atoms with Gasteiger partial charge in [0.25, 0.3) is 0 Å². The zero-order chi connectivity index (χ0) is 13.2. The van der Waals surface area contributed by atoms with E-state index in [4.69, 9.17) is 16.1 Å². The van der Waals surface area contributed by atoms with Crippen molar-refractivity contribution in [3.8, 4) is 11.4 Å². The van der Waals surface area contributed by atoms with Gasteiger partial charge in [0.15, 0.2) is 0 Å². The summed E-state index contributed by atoms with van der Waals surface area (Å²) in [4.78, 5) is 4.39. The maximum atomic E-state index is 10.0. The highest BCUT2D eigenvalue weighted by Gasteiger charge is 2.29. The Kier molecular flexibility index (Phi) is 3.53. The summed E-state index contributed by atoms with van der Waals surface area (Å²) in [6.07, 6.45) is 3.46. The zero-order valence-electron chi connectivity index (χ0n) is 10.4. The van der Waals surface area contributed by atoms with Crippen LogP contribution in [0.25, 0.3) is 11.4 Å². The van der Waals surface area contributed by atoms with Crippen LogP contribution in [0.4, 0.5) is 0 Å². The highest BCUT2D eigenvalue weighted by atomic mass is 35.5. The van der Waals surface area contributed by atoms with E-state index < -0.39 is 0 Å². The summed E-state index contributed by atoms with van der Waals surface area (Å²) >= 11 is 6.11. The second kappa shape index (κ2) is 5.31. The van der Waals surface area contributed by atoms with E-state index in [1.165, 1.54) is 0 Å². The largest absolute Gasteiger partial charge is 0.392 e. The first-order valence-corrected chi connectivity index (χ1v) is 6.90. The third-order valence-electron chi connectivity index (χ3n) is 3.60. The molecule has 1 N–H and O–H groups in total. The van der Waals surface area contributed by atoms with Gasteiger partial charge in [0, 0.05) is 5.56 Å². The number of nitrogens with zero attached hydrogens (tertiary/aromatic N) is 2. The number of aromatic nitrogens is 2. The van der Waals surface area contributed by atoms with Gasteiger partial charge in [-0.2, -0.15) is 4.98 Å². The lowest BCUT2D eigenvalue weighted by Crippen LogP contribution is -2.22. The molecule has 1 fully saturated rings. The molecule has 1 aromatic heterocycles. The number of aliphatic hydroxyl groups excluding tert-OH is 1. The summed E-state index contributed by atoms with van der Waals surface area (Å²) in [6, 6.07) is 7.39. The number of hydrogen-bond donors (Lipinski definition) is 1. The van der Waals surface area contributed by atoms with Crippen molar-refractivity contribution in [2.24, 2.45) is 0 Å². The number of hydrogen-bond acceptors (Lipinski definition) is 4. The molecule has 0 aliphatic heterocycles. The van der Waals surface area contributed by atoms with Crippen molar-refractivity contribution in [1.82, 2.24) is 10.1 Å². The van der Waals surface area contributed by atoms with Crippen LogP contribution in [-0.2, 0) is 0 Å². The lowest BCUT2D eigenvalue weighted by molar-refractivity contribution is 0.0908. The summed E-state index contributed by atoms with van der Waals surface area (Å²) in [5, 5.41) is 14.6. The predicted molar refractivity (Wildman–Crippen MR) is 72.0 cm³/mol. The molecule has 5 heteroatoms. The Bertz CT molecular complexity index is 570. The standard InChI is InChI=1S/C14H15ClN2O2/c15-11-7-3-1-5-9(11)13-16-14(19-17-13)10-6-2-4-8-12(10)18/h1,3,5,7,10,12,18H,2,4,6,8H2. The highest BCUT2D eigenvalue weighted by molar-refractivity contribution is 6.33. The normalized spacial score (nSPS) is 23.5. The van der Waals surface area contributed by atoms with Crippen LogP contribution in [0.1, 0.15) is 37.5 Å². The molecule has 0 amide bonds. The molecule has 1 aromatic carbocycles. The summed E-state index contributed by atoms with van der Waals surface area (Å²) in [7, 11) is 0. The fourth-order valence-electron chi connectivity index (χ4n) is 2.54. The van der Waals surface area contributed by atoms with Crippen LogP contribution in [0.15, 0.2) is 28.8 Å². The number of halogens is 1. The second-order valence-electron chi connectivity index (χ2n) is 4.89. The van der Waals surface area contributed by atoms with E-state index in [0.29, 0.717) is 16.7 Å². The molecule has 0 saturated heterocycles. The molecular weight excluding hydrogens is 264 g/mol. The number of aliphatic hydroxyl groups is 1. The van der Waals surface area contributed by atoms with Gasteiger partial charge in [0.1, 0.15) is 0 Å². The van der Waals surface area contributed by atoms with Crippen molar-refractivity contribution in [2.45, 2.75) is 37.7 Å². The average Bonchev–Trinajstić information content (AvgIpc) is 2.89. The molecule has 100 valence electrons. The van der Waals surface area contributed by atoms with Crippen molar-refractivity contribution >= 4 is 11.6 Å². The summed E-state index contributed by atoms with van der Waals surface area (Å²) in [5.41, 5.74) is 0.754. The van der Waals surface area contributed by atoms with Crippen LogP contribution in [0.2, 0.25) is 5.02 Å². The van der Waals surface area contributed by atoms with Gasteiger partial charge in [0.2, 0.25) is 11.7 Å². The van der Waals surface area contributed by atoms with E-state index in [1.54, 1.807) is 6.07 Å². The summed E-state index contributed by atoms with van der Waals surface area (Å²) in [5.74, 6) is 0.956. The van der Waals surface area contributed by atoms with Crippen LogP contribution >= 0.6 is 11.6 Å². The maximum absolute atomic E-state index is 10.0. The van der Waals surface area contributed by atoms with Crippen LogP contribution in [-0.4, -0.2) is 21.4 Å². The molecule has 0 bridgehead atoms. The number of rotatable bonds is 2. The fraction of sp³-hybridized carbons (Fsp3) is 0.429. The molecule has 1 heterocycles. The van der Waals surface area contributed by atoms with E-state index >= 15 is 0 Å². The maximum Gasteiger partial charge on any atom is 0.232 e. The molecule has 2 aromatic rings. The van der Waals surface area contributed by atoms with Crippen molar-refractivity contribution < 1.29 is 9.63 Å². The monoisotopic (exact) mass is 278 g/mol. The second-order valence-corrected chi connectivity index (χ2v) is 5.30. The smallest absolute Gasteiger partial charge is 0.232 e. The molecule has 1 aliphatic rings. The quantitative estimate of drug-likeness (QED) is 0.914. The molecule has 0 spiro atoms. The Balaban J connectivity index is 1.89. The van der Waals surface area contributed by atoms with Crippen molar-refractivity contribution in [2.75, 3.05) is 0 Å². The first-order valence-electron chi connectivity index (χ1n) is 6.52. The van der Waals surface area contributed by atoms with Gasteiger partial charge in [-0.05, 0) is 25.0 Å². The van der Waals surface area contributed by atoms with E-state index in [0.717, 1.165) is 31.2 Å². The topological polar surface area (TPSA) is 59.2 Å². The minimum Gasteiger partial charge on any atom is -0.392 e. The van der Waals surface area contributed by atoms with Gasteiger partial charge in [-0.25, -0.2) is 0 Å². The molecule has 1 saturated carbocycles. The number of benzene rings is 1.